The predicted molar refractivity (Wildman–Crippen MR) is 118 cm³/mol. The number of pyridine rings is 1. The number of aromatic nitrogens is 1. The zero-order valence-electron chi connectivity index (χ0n) is 18.5. The smallest absolute Gasteiger partial charge is 0.277 e. The van der Waals surface area contributed by atoms with Crippen LogP contribution < -0.4 is 9.99 Å². The lowest BCUT2D eigenvalue weighted by molar-refractivity contribution is -0.671. The first-order valence-corrected chi connectivity index (χ1v) is 11.3. The number of benzene rings is 1. The van der Waals surface area contributed by atoms with Crippen LogP contribution >= 0.6 is 0 Å². The molecule has 0 fully saturated rings. The fourth-order valence-corrected chi connectivity index (χ4v) is 3.85. The number of hydrogen-bond acceptors (Lipinski definition) is 5. The van der Waals surface area contributed by atoms with Gasteiger partial charge in [0.2, 0.25) is 0 Å². The first-order chi connectivity index (χ1) is 14.4. The zero-order valence-corrected chi connectivity index (χ0v) is 19.4. The zero-order chi connectivity index (χ0) is 23.2. The van der Waals surface area contributed by atoms with Gasteiger partial charge in [0.25, 0.3) is 5.91 Å². The summed E-state index contributed by atoms with van der Waals surface area (Å²) in [4.78, 5) is 11.9. The van der Waals surface area contributed by atoms with Crippen LogP contribution in [0.1, 0.15) is 49.5 Å². The fourth-order valence-electron chi connectivity index (χ4n) is 3.38. The Hall–Kier alpha value is -2.84. The topological polar surface area (TPSA) is 103 Å². The highest BCUT2D eigenvalue weighted by molar-refractivity contribution is 7.85. The van der Waals surface area contributed by atoms with Crippen molar-refractivity contribution in [3.05, 3.63) is 71.6 Å². The van der Waals surface area contributed by atoms with Crippen LogP contribution in [0, 0.1) is 12.3 Å². The number of hydrazone groups is 1. The van der Waals surface area contributed by atoms with Gasteiger partial charge in [0.1, 0.15) is 22.7 Å². The molecule has 166 valence electrons. The monoisotopic (exact) mass is 443 g/mol. The largest absolute Gasteiger partial charge is 0.744 e. The lowest BCUT2D eigenvalue weighted by atomic mass is 9.77. The van der Waals surface area contributed by atoms with Crippen LogP contribution in [-0.4, -0.2) is 24.6 Å². The minimum atomic E-state index is -4.27. The van der Waals surface area contributed by atoms with E-state index < -0.39 is 10.1 Å². The molecule has 0 aliphatic heterocycles. The van der Waals surface area contributed by atoms with Crippen LogP contribution in [0.3, 0.4) is 0 Å². The number of rotatable bonds is 3. The first kappa shape index (κ1) is 24.4. The molecule has 7 nitrogen and oxygen atoms in total. The van der Waals surface area contributed by atoms with E-state index in [0.717, 1.165) is 24.1 Å². The fraction of sp³-hybridized carbons (Fsp3) is 0.348. The maximum Gasteiger partial charge on any atom is 0.277 e. The predicted octanol–water partition coefficient (Wildman–Crippen LogP) is 3.26. The first-order valence-electron chi connectivity index (χ1n) is 9.88. The van der Waals surface area contributed by atoms with Crippen LogP contribution in [0.25, 0.3) is 0 Å². The summed E-state index contributed by atoms with van der Waals surface area (Å²) < 4.78 is 33.0. The molecule has 2 aromatic rings. The van der Waals surface area contributed by atoms with Gasteiger partial charge in [0.05, 0.1) is 10.6 Å². The molecule has 0 unspecified atom stereocenters. The van der Waals surface area contributed by atoms with Crippen LogP contribution in [0.2, 0.25) is 0 Å². The Kier molecular flexibility index (Phi) is 7.86. The quantitative estimate of drug-likeness (QED) is 0.447. The summed E-state index contributed by atoms with van der Waals surface area (Å²) in [6.07, 6.45) is 7.69. The van der Waals surface area contributed by atoms with Crippen LogP contribution in [-0.2, 0) is 17.2 Å². The van der Waals surface area contributed by atoms with Gasteiger partial charge in [-0.2, -0.15) is 5.10 Å². The van der Waals surface area contributed by atoms with Gasteiger partial charge >= 0.3 is 0 Å². The molecule has 1 aromatic heterocycles. The summed E-state index contributed by atoms with van der Waals surface area (Å²) in [6.45, 7) is 8.37. The van der Waals surface area contributed by atoms with Gasteiger partial charge in [-0.05, 0) is 56.4 Å². The molecule has 1 N–H and O–H groups in total. The van der Waals surface area contributed by atoms with Crippen molar-refractivity contribution in [2.24, 2.45) is 17.6 Å². The number of carbonyl (C=O) groups is 1. The van der Waals surface area contributed by atoms with Crippen molar-refractivity contribution in [2.45, 2.75) is 45.4 Å². The molecule has 0 saturated carbocycles. The summed E-state index contributed by atoms with van der Waals surface area (Å²) >= 11 is 0. The van der Waals surface area contributed by atoms with Gasteiger partial charge in [0.15, 0.2) is 12.4 Å². The molecule has 0 saturated heterocycles. The Morgan fingerprint density at radius 1 is 1.13 bits per heavy atom. The molecule has 3 rings (SSSR count). The van der Waals surface area contributed by atoms with E-state index in [1.165, 1.54) is 17.7 Å². The maximum atomic E-state index is 12.0. The minimum absolute atomic E-state index is 0.178. The molecule has 0 radical (unpaired) electrons. The third kappa shape index (κ3) is 8.07. The van der Waals surface area contributed by atoms with E-state index in [1.54, 1.807) is 24.4 Å². The molecular weight excluding hydrogens is 414 g/mol. The van der Waals surface area contributed by atoms with Gasteiger partial charge in [-0.1, -0.05) is 37.1 Å². The molecule has 0 bridgehead atoms. The normalized spacial score (nSPS) is 16.7. The van der Waals surface area contributed by atoms with Crippen molar-refractivity contribution in [3.63, 3.8) is 0 Å². The molecule has 0 atom stereocenters. The number of hydrogen-bond donors (Lipinski definition) is 1. The second-order valence-electron chi connectivity index (χ2n) is 8.58. The second kappa shape index (κ2) is 9.98. The average molecular weight is 444 g/mol. The molecule has 1 heterocycles. The Morgan fingerprint density at radius 2 is 1.77 bits per heavy atom. The van der Waals surface area contributed by atoms with Gasteiger partial charge in [-0.25, -0.2) is 18.4 Å². The van der Waals surface area contributed by atoms with Gasteiger partial charge in [-0.3, -0.25) is 4.79 Å². The third-order valence-corrected chi connectivity index (χ3v) is 5.49. The average Bonchev–Trinajstić information content (AvgIpc) is 2.64. The molecule has 0 spiro atoms. The molecular formula is C23H29N3O4S. The summed E-state index contributed by atoms with van der Waals surface area (Å²) in [6, 6.07) is 9.40. The van der Waals surface area contributed by atoms with Crippen LogP contribution in [0.15, 0.2) is 70.4 Å². The SMILES string of the molecule is CC1=C/C(=N\NC(=O)c2ccc[n+](C)c2)CC(C)(C)C1.Cc1ccc(S(=O)(=O)[O-])cc1. The molecule has 8 heteroatoms. The van der Waals surface area contributed by atoms with E-state index in [0.29, 0.717) is 5.56 Å². The van der Waals surface area contributed by atoms with Gasteiger partial charge in [-0.15, -0.1) is 0 Å². The lowest BCUT2D eigenvalue weighted by Gasteiger charge is -2.29. The standard InChI is InChI=1S/C16H21N3O.C7H8O3S/c1-12-8-14(10-16(2,3)9-12)17-18-15(20)13-6-5-7-19(4)11-13;1-6-2-4-7(5-3-6)11(8,9)10/h5-8,11H,9-10H2,1-4H3;2-5H,1H3,(H,8,9,10)/b17-14+;. The van der Waals surface area contributed by atoms with E-state index in [4.69, 9.17) is 0 Å². The van der Waals surface area contributed by atoms with E-state index in [9.17, 15) is 17.8 Å². The Morgan fingerprint density at radius 3 is 2.32 bits per heavy atom. The molecule has 1 amide bonds. The van der Waals surface area contributed by atoms with E-state index in [2.05, 4.69) is 37.4 Å². The summed E-state index contributed by atoms with van der Waals surface area (Å²) in [5.74, 6) is -0.178. The van der Waals surface area contributed by atoms with Crippen LogP contribution in [0.4, 0.5) is 0 Å². The van der Waals surface area contributed by atoms with E-state index in [-0.39, 0.29) is 16.2 Å². The highest BCUT2D eigenvalue weighted by Crippen LogP contribution is 2.33. The Balaban J connectivity index is 0.000000262. The second-order valence-corrected chi connectivity index (χ2v) is 9.96. The molecule has 1 aromatic carbocycles. The van der Waals surface area contributed by atoms with Crippen molar-refractivity contribution < 1.29 is 22.3 Å². The van der Waals surface area contributed by atoms with Crippen molar-refractivity contribution in [1.29, 1.82) is 0 Å². The number of allylic oxidation sites excluding steroid dienone is 2. The number of nitrogens with one attached hydrogen (secondary N) is 1. The minimum Gasteiger partial charge on any atom is -0.744 e. The summed E-state index contributed by atoms with van der Waals surface area (Å²) in [7, 11) is -2.38. The highest BCUT2D eigenvalue weighted by atomic mass is 32.2. The van der Waals surface area contributed by atoms with Gasteiger partial charge in [0, 0.05) is 6.07 Å². The number of aryl methyl sites for hydroxylation is 2. The van der Waals surface area contributed by atoms with Crippen molar-refractivity contribution in [1.82, 2.24) is 5.43 Å². The van der Waals surface area contributed by atoms with E-state index in [1.807, 2.05) is 30.8 Å². The molecule has 31 heavy (non-hydrogen) atoms. The summed E-state index contributed by atoms with van der Waals surface area (Å²) in [5.41, 5.74) is 6.63. The number of carbonyl (C=O) groups excluding carboxylic acids is 1. The van der Waals surface area contributed by atoms with Crippen molar-refractivity contribution >= 4 is 21.7 Å². The molecule has 1 aliphatic carbocycles. The highest BCUT2D eigenvalue weighted by Gasteiger charge is 2.24. The third-order valence-electron chi connectivity index (χ3n) is 4.64. The Bertz CT molecular complexity index is 1100. The van der Waals surface area contributed by atoms with Crippen molar-refractivity contribution in [2.75, 3.05) is 0 Å². The number of amides is 1. The van der Waals surface area contributed by atoms with Gasteiger partial charge < -0.3 is 4.55 Å². The summed E-state index contributed by atoms with van der Waals surface area (Å²) in [5, 5.41) is 4.27. The Labute approximate surface area is 184 Å². The van der Waals surface area contributed by atoms with E-state index >= 15 is 0 Å². The number of nitrogens with zero attached hydrogens (tertiary/aromatic N) is 2. The lowest BCUT2D eigenvalue weighted by Crippen LogP contribution is -2.30. The van der Waals surface area contributed by atoms with Crippen LogP contribution in [0.5, 0.6) is 0 Å². The van der Waals surface area contributed by atoms with Crippen molar-refractivity contribution in [3.8, 4) is 0 Å². The molecule has 1 aliphatic rings. The maximum absolute atomic E-state index is 12.0.